The van der Waals surface area contributed by atoms with Crippen molar-refractivity contribution in [3.63, 3.8) is 0 Å². The molecular formula is C58H67N3O14PS3+. The van der Waals surface area contributed by atoms with Gasteiger partial charge < -0.3 is 19.7 Å². The van der Waals surface area contributed by atoms with Crippen LogP contribution in [0.3, 0.4) is 0 Å². The van der Waals surface area contributed by atoms with Gasteiger partial charge in [0.05, 0.1) is 33.6 Å². The van der Waals surface area contributed by atoms with E-state index in [0.717, 1.165) is 22.0 Å². The van der Waals surface area contributed by atoms with Gasteiger partial charge in [0.25, 0.3) is 36.3 Å². The maximum atomic E-state index is 13.6. The number of esters is 1. The summed E-state index contributed by atoms with van der Waals surface area (Å²) in [5, 5.41) is 5.60. The molecule has 5 aromatic rings. The van der Waals surface area contributed by atoms with Crippen LogP contribution >= 0.6 is 7.92 Å². The lowest BCUT2D eigenvalue weighted by Gasteiger charge is -2.30. The molecule has 2 aliphatic heterocycles. The smallest absolute Gasteiger partial charge is 0.338 e. The van der Waals surface area contributed by atoms with E-state index in [2.05, 4.69) is 5.32 Å². The standard InChI is InChI=1S/C58H66N3O14PS3/c1-57(2)48-39-45(78(68,69)70)27-30-50(48)61(35-36-74-4)53(57)24-15-25-54-58(3,32-17-37-77(65,66)67)49-40-46(79(71,72)73)28-31-51(49)60(54)34-14-8-9-18-42(62)19-16-33-59-55(63)41-26-29-47(56(64)75-5)52(38-41)76(43-20-10-6-11-21-43)44-22-12-7-13-23-44/h6-7,10-13,15,20-31,38-40H,8-9,14,16-19,32-37H2,1-5H3,(H3-,59,63,65,66,67,68,69,70,71,72,73)/p+1. The summed E-state index contributed by atoms with van der Waals surface area (Å²) in [6.45, 7) is 7.08. The highest BCUT2D eigenvalue weighted by molar-refractivity contribution is 7.86. The lowest BCUT2D eigenvalue weighted by Crippen LogP contribution is -2.30. The average Bonchev–Trinajstić information content (AvgIpc) is 3.98. The fourth-order valence-electron chi connectivity index (χ4n) is 10.5. The lowest BCUT2D eigenvalue weighted by molar-refractivity contribution is -0.441. The second-order valence-corrected chi connectivity index (χ2v) is 26.8. The Labute approximate surface area is 464 Å². The second kappa shape index (κ2) is 25.5. The summed E-state index contributed by atoms with van der Waals surface area (Å²) in [7, 11) is -11.9. The Morgan fingerprint density at radius 1 is 0.722 bits per heavy atom. The molecule has 2 heterocycles. The van der Waals surface area contributed by atoms with E-state index in [1.54, 1.807) is 37.4 Å². The largest absolute Gasteiger partial charge is 0.465 e. The number of hydrogen-bond acceptors (Lipinski definition) is 12. The minimum atomic E-state index is -4.66. The van der Waals surface area contributed by atoms with Crippen LogP contribution in [0.1, 0.15) is 104 Å². The molecule has 21 heteroatoms. The van der Waals surface area contributed by atoms with E-state index >= 15 is 0 Å². The van der Waals surface area contributed by atoms with Crippen LogP contribution in [0.5, 0.6) is 0 Å². The topological polar surface area (TPSA) is 251 Å². The van der Waals surface area contributed by atoms with Gasteiger partial charge in [-0.25, -0.2) is 4.79 Å². The highest BCUT2D eigenvalue weighted by Gasteiger charge is 2.46. The van der Waals surface area contributed by atoms with Crippen molar-refractivity contribution in [2.75, 3.05) is 51.1 Å². The first-order valence-corrected chi connectivity index (χ1v) is 31.6. The fourth-order valence-corrected chi connectivity index (χ4v) is 14.5. The quantitative estimate of drug-likeness (QED) is 0.0135. The van der Waals surface area contributed by atoms with Gasteiger partial charge in [-0.15, -0.1) is 0 Å². The number of fused-ring (bicyclic) bond motifs is 2. The number of carbonyl (C=O) groups is 3. The van der Waals surface area contributed by atoms with Crippen LogP contribution in [0.25, 0.3) is 0 Å². The number of benzene rings is 5. The molecule has 2 aliphatic rings. The molecule has 5 aromatic carbocycles. The van der Waals surface area contributed by atoms with Crippen LogP contribution in [0.4, 0.5) is 11.4 Å². The van der Waals surface area contributed by atoms with Crippen molar-refractivity contribution < 1.29 is 67.3 Å². The summed E-state index contributed by atoms with van der Waals surface area (Å²) in [6.07, 6.45) is 8.42. The second-order valence-electron chi connectivity index (χ2n) is 20.2. The van der Waals surface area contributed by atoms with E-state index in [0.29, 0.717) is 90.7 Å². The fraction of sp³-hybridized carbons (Fsp3) is 0.345. The highest BCUT2D eigenvalue weighted by Crippen LogP contribution is 2.51. The molecule has 0 bridgehead atoms. The Morgan fingerprint density at radius 2 is 1.34 bits per heavy atom. The Balaban J connectivity index is 1.05. The van der Waals surface area contributed by atoms with Crippen molar-refractivity contribution in [1.82, 2.24) is 5.32 Å². The van der Waals surface area contributed by atoms with Crippen molar-refractivity contribution in [1.29, 1.82) is 0 Å². The van der Waals surface area contributed by atoms with E-state index in [9.17, 15) is 53.3 Å². The molecule has 1 atom stereocenters. The first kappa shape index (κ1) is 60.4. The van der Waals surface area contributed by atoms with E-state index in [1.165, 1.54) is 31.4 Å². The van der Waals surface area contributed by atoms with Crippen molar-refractivity contribution in [3.8, 4) is 0 Å². The third kappa shape index (κ3) is 14.4. The predicted octanol–water partition coefficient (Wildman–Crippen LogP) is 7.97. The molecule has 0 spiro atoms. The number of rotatable bonds is 26. The van der Waals surface area contributed by atoms with Crippen molar-refractivity contribution in [3.05, 3.63) is 161 Å². The number of ether oxygens (including phenoxy) is 2. The summed E-state index contributed by atoms with van der Waals surface area (Å²) < 4.78 is 116. The first-order chi connectivity index (χ1) is 37.4. The number of hydrogen-bond donors (Lipinski definition) is 4. The van der Waals surface area contributed by atoms with E-state index in [-0.39, 0.29) is 47.3 Å². The first-order valence-electron chi connectivity index (χ1n) is 25.8. The third-order valence-electron chi connectivity index (χ3n) is 14.5. The zero-order valence-corrected chi connectivity index (χ0v) is 48.1. The monoisotopic (exact) mass is 1160 g/mol. The molecule has 1 amide bonds. The molecule has 17 nitrogen and oxygen atoms in total. The number of carbonyl (C=O) groups excluding carboxylic acids is 3. The van der Waals surface area contributed by atoms with Crippen LogP contribution in [-0.2, 0) is 55.5 Å². The molecule has 0 aliphatic carbocycles. The number of amides is 1. The van der Waals surface area contributed by atoms with Crippen molar-refractivity contribution >= 4 is 88.9 Å². The van der Waals surface area contributed by atoms with Gasteiger partial charge in [-0.1, -0.05) is 73.2 Å². The van der Waals surface area contributed by atoms with Gasteiger partial charge in [-0.05, 0) is 132 Å². The molecular weight excluding hydrogens is 1090 g/mol. The van der Waals surface area contributed by atoms with Crippen molar-refractivity contribution in [2.45, 2.75) is 92.8 Å². The Kier molecular flexibility index (Phi) is 19.5. The molecule has 7 rings (SSSR count). The average molecular weight is 1160 g/mol. The number of anilines is 1. The number of ketones is 1. The number of Topliss-reactive ketones (excluding diaryl/α,β-unsaturated/α-hetero) is 1. The summed E-state index contributed by atoms with van der Waals surface area (Å²) >= 11 is 0. The van der Waals surface area contributed by atoms with Gasteiger partial charge >= 0.3 is 5.97 Å². The van der Waals surface area contributed by atoms with Gasteiger partial charge in [0.2, 0.25) is 5.69 Å². The van der Waals surface area contributed by atoms with Crippen LogP contribution in [0.15, 0.2) is 149 Å². The van der Waals surface area contributed by atoms with Crippen LogP contribution in [0.2, 0.25) is 0 Å². The normalized spacial score (nSPS) is 16.7. The van der Waals surface area contributed by atoms with Crippen molar-refractivity contribution in [2.24, 2.45) is 0 Å². The summed E-state index contributed by atoms with van der Waals surface area (Å²) in [6, 6.07) is 33.3. The van der Waals surface area contributed by atoms with Gasteiger partial charge in [0, 0.05) is 78.4 Å². The Bertz CT molecular complexity index is 3490. The van der Waals surface area contributed by atoms with Crippen LogP contribution in [-0.4, -0.2) is 113 Å². The van der Waals surface area contributed by atoms with Gasteiger partial charge in [-0.2, -0.15) is 29.8 Å². The molecule has 0 fully saturated rings. The molecule has 420 valence electrons. The minimum absolute atomic E-state index is 0.00181. The molecule has 0 saturated carbocycles. The maximum Gasteiger partial charge on any atom is 0.338 e. The molecule has 79 heavy (non-hydrogen) atoms. The molecule has 1 unspecified atom stereocenters. The Hall–Kier alpha value is -6.22. The zero-order valence-electron chi connectivity index (χ0n) is 44.8. The van der Waals surface area contributed by atoms with E-state index in [4.69, 9.17) is 9.47 Å². The number of nitrogens with one attached hydrogen (secondary N) is 1. The number of methoxy groups -OCH3 is 2. The van der Waals surface area contributed by atoms with Gasteiger partial charge in [-0.3, -0.25) is 23.2 Å². The maximum absolute atomic E-state index is 13.6. The van der Waals surface area contributed by atoms with E-state index in [1.807, 2.05) is 109 Å². The van der Waals surface area contributed by atoms with E-state index < -0.39 is 60.8 Å². The summed E-state index contributed by atoms with van der Waals surface area (Å²) in [4.78, 5) is 41.3. The lowest BCUT2D eigenvalue weighted by atomic mass is 9.77. The number of allylic oxidation sites excluding steroid dienone is 4. The molecule has 0 saturated heterocycles. The number of unbranched alkanes of at least 4 members (excludes halogenated alkanes) is 2. The Morgan fingerprint density at radius 3 is 1.95 bits per heavy atom. The van der Waals surface area contributed by atoms with Gasteiger partial charge in [0.1, 0.15) is 12.4 Å². The molecule has 0 aromatic heterocycles. The molecule has 4 N–H and O–H groups in total. The third-order valence-corrected chi connectivity index (χ3v) is 19.4. The SMILES string of the molecule is COCC[N+]1=C(/C=C/C=C2/N(CCCCCC(=O)CCCNC(=O)c3ccc(C(=O)OC)c(P(c4ccccc4)c4ccccc4)c3)c3ccc(S(=O)(=O)O)cc3C2(C)CCCS(=O)(=O)O)C(C)(C)c2cc(S(=O)(=O)O)ccc21. The molecule has 0 radical (unpaired) electrons. The van der Waals surface area contributed by atoms with Gasteiger partial charge in [0.15, 0.2) is 12.3 Å². The highest BCUT2D eigenvalue weighted by atomic mass is 32.2. The van der Waals surface area contributed by atoms with Crippen LogP contribution in [0, 0.1) is 0 Å². The predicted molar refractivity (Wildman–Crippen MR) is 306 cm³/mol. The zero-order chi connectivity index (χ0) is 57.3. The summed E-state index contributed by atoms with van der Waals surface area (Å²) in [5.74, 6) is -1.38. The minimum Gasteiger partial charge on any atom is -0.465 e. The summed E-state index contributed by atoms with van der Waals surface area (Å²) in [5.41, 5.74) is 2.90. The van der Waals surface area contributed by atoms with Crippen LogP contribution < -0.4 is 26.1 Å². The number of nitrogens with zero attached hydrogens (tertiary/aromatic N) is 2.